The predicted molar refractivity (Wildman–Crippen MR) is 45.6 cm³/mol. The highest BCUT2D eigenvalue weighted by Gasteiger charge is 2.25. The number of hydrogen-bond donors (Lipinski definition) is 1. The molecule has 0 aliphatic carbocycles. The van der Waals surface area contributed by atoms with Crippen molar-refractivity contribution in [1.29, 1.82) is 0 Å². The molecule has 2 rings (SSSR count). The van der Waals surface area contributed by atoms with Gasteiger partial charge in [0.05, 0.1) is 10.7 Å². The van der Waals surface area contributed by atoms with Crippen LogP contribution in [0.25, 0.3) is 0 Å². The van der Waals surface area contributed by atoms with E-state index in [0.717, 1.165) is 12.1 Å². The topological polar surface area (TPSA) is 76.9 Å². The number of fused-ring (bicyclic) bond motifs is 1. The first-order valence-electron chi connectivity index (χ1n) is 4.34. The van der Waals surface area contributed by atoms with Crippen LogP contribution in [0.15, 0.2) is 22.1 Å². The zero-order chi connectivity index (χ0) is 11.9. The summed E-state index contributed by atoms with van der Waals surface area (Å²) in [6, 6.07) is 1.72. The van der Waals surface area contributed by atoms with Gasteiger partial charge in [-0.25, -0.2) is 18.8 Å². The van der Waals surface area contributed by atoms with Crippen molar-refractivity contribution < 1.29 is 18.7 Å². The lowest BCUT2D eigenvalue weighted by atomic mass is 10.3. The zero-order valence-corrected chi connectivity index (χ0v) is 8.12. The molecule has 0 spiro atoms. The van der Waals surface area contributed by atoms with E-state index in [1.807, 2.05) is 5.32 Å². The minimum Gasteiger partial charge on any atom is -0.530 e. The molecule has 16 heavy (non-hydrogen) atoms. The number of carbonyl (C=O) groups excluding carboxylic acids is 1. The van der Waals surface area contributed by atoms with Crippen LogP contribution in [0.3, 0.4) is 0 Å². The minimum absolute atomic E-state index is 0.0927. The molecule has 5 nitrogen and oxygen atoms in total. The van der Waals surface area contributed by atoms with Gasteiger partial charge >= 0.3 is 0 Å². The monoisotopic (exact) mass is 226 g/mol. The van der Waals surface area contributed by atoms with Gasteiger partial charge < -0.3 is 15.2 Å². The number of nitrogens with zero attached hydrogens (tertiary/aromatic N) is 2. The van der Waals surface area contributed by atoms with Crippen molar-refractivity contribution in [2.24, 2.45) is 9.98 Å². The molecule has 0 aromatic heterocycles. The Morgan fingerprint density at radius 1 is 1.31 bits per heavy atom. The van der Waals surface area contributed by atoms with E-state index in [-0.39, 0.29) is 10.7 Å². The average molecular weight is 226 g/mol. The number of carbonyl (C=O) groups is 1. The van der Waals surface area contributed by atoms with E-state index >= 15 is 0 Å². The molecule has 0 radical (unpaired) electrons. The molecule has 1 amide bonds. The summed E-state index contributed by atoms with van der Waals surface area (Å²) in [5.74, 6) is -3.60. The van der Waals surface area contributed by atoms with Crippen LogP contribution >= 0.6 is 0 Å². The lowest BCUT2D eigenvalue weighted by Crippen LogP contribution is -2.48. The molecular formula is C9H6F2N3O2-. The van der Waals surface area contributed by atoms with E-state index in [2.05, 4.69) is 9.98 Å². The lowest BCUT2D eigenvalue weighted by Gasteiger charge is -2.20. The Balaban J connectivity index is 2.55. The Morgan fingerprint density at radius 2 is 1.75 bits per heavy atom. The molecule has 0 fully saturated rings. The van der Waals surface area contributed by atoms with Crippen molar-refractivity contribution >= 4 is 6.09 Å². The number of carboxylic acid groups (broad SMARTS) is 1. The molecule has 0 atom stereocenters. The highest BCUT2D eigenvalue weighted by atomic mass is 19.2. The number of hydrogen-bond acceptors (Lipinski definition) is 4. The molecule has 0 bridgehead atoms. The molecular weight excluding hydrogens is 220 g/mol. The second-order valence-electron chi connectivity index (χ2n) is 3.41. The van der Waals surface area contributed by atoms with Crippen LogP contribution in [-0.2, 0) is 0 Å². The van der Waals surface area contributed by atoms with Gasteiger partial charge in [0.25, 0.3) is 0 Å². The molecule has 0 saturated heterocycles. The fourth-order valence-electron chi connectivity index (χ4n) is 1.45. The number of rotatable bonds is 1. The van der Waals surface area contributed by atoms with E-state index in [0.29, 0.717) is 0 Å². The van der Waals surface area contributed by atoms with E-state index in [9.17, 15) is 18.7 Å². The fraction of sp³-hybridized carbons (Fsp3) is 0.222. The molecule has 1 aromatic rings. The smallest absolute Gasteiger partial charge is 0.224 e. The van der Waals surface area contributed by atoms with Crippen LogP contribution < -0.4 is 21.1 Å². The van der Waals surface area contributed by atoms with Gasteiger partial charge in [0.1, 0.15) is 6.09 Å². The van der Waals surface area contributed by atoms with Crippen LogP contribution in [0.5, 0.6) is 0 Å². The third-order valence-corrected chi connectivity index (χ3v) is 2.03. The second kappa shape index (κ2) is 3.22. The molecule has 1 heterocycles. The van der Waals surface area contributed by atoms with E-state index in [1.54, 1.807) is 0 Å². The van der Waals surface area contributed by atoms with Crippen LogP contribution in [0.1, 0.15) is 6.92 Å². The highest BCUT2D eigenvalue weighted by Crippen LogP contribution is 2.09. The van der Waals surface area contributed by atoms with Gasteiger partial charge in [-0.2, -0.15) is 0 Å². The molecule has 0 saturated carbocycles. The van der Waals surface area contributed by atoms with Crippen LogP contribution in [0.4, 0.5) is 13.6 Å². The maximum Gasteiger partial charge on any atom is 0.224 e. The summed E-state index contributed by atoms with van der Waals surface area (Å²) in [6.45, 7) is 1.35. The normalized spacial score (nSPS) is 15.9. The third kappa shape index (κ3) is 1.71. The van der Waals surface area contributed by atoms with Crippen molar-refractivity contribution in [2.45, 2.75) is 12.7 Å². The van der Waals surface area contributed by atoms with Gasteiger partial charge in [-0.3, -0.25) is 0 Å². The lowest BCUT2D eigenvalue weighted by molar-refractivity contribution is -0.252. The maximum absolute atomic E-state index is 12.9. The van der Waals surface area contributed by atoms with E-state index < -0.39 is 23.5 Å². The third-order valence-electron chi connectivity index (χ3n) is 2.03. The van der Waals surface area contributed by atoms with Crippen molar-refractivity contribution in [3.8, 4) is 0 Å². The Morgan fingerprint density at radius 3 is 2.12 bits per heavy atom. The number of nitrogens with one attached hydrogen (secondary N) is 1. The minimum atomic E-state index is -1.57. The molecule has 1 aromatic carbocycles. The largest absolute Gasteiger partial charge is 0.530 e. The fourth-order valence-corrected chi connectivity index (χ4v) is 1.45. The van der Waals surface area contributed by atoms with Gasteiger partial charge in [-0.1, -0.05) is 0 Å². The predicted octanol–water partition coefficient (Wildman–Crippen LogP) is -1.18. The first-order chi connectivity index (χ1) is 7.39. The summed E-state index contributed by atoms with van der Waals surface area (Å²) in [5.41, 5.74) is 0. The van der Waals surface area contributed by atoms with Gasteiger partial charge in [-0.05, 0) is 0 Å². The van der Waals surface area contributed by atoms with Crippen molar-refractivity contribution in [3.05, 3.63) is 34.5 Å². The highest BCUT2D eigenvalue weighted by molar-refractivity contribution is 5.63. The Kier molecular flexibility index (Phi) is 2.11. The SMILES string of the molecule is CC1(NC(=O)[O-])N=c2cc(F)c(F)cc2=N1. The van der Waals surface area contributed by atoms with Crippen molar-refractivity contribution in [2.75, 3.05) is 0 Å². The average Bonchev–Trinajstić information content (AvgIpc) is 2.40. The summed E-state index contributed by atoms with van der Waals surface area (Å²) in [4.78, 5) is 18.0. The Hall–Kier alpha value is -2.05. The number of amides is 1. The summed E-state index contributed by atoms with van der Waals surface area (Å²) >= 11 is 0. The first-order valence-corrected chi connectivity index (χ1v) is 4.34. The van der Waals surface area contributed by atoms with Crippen LogP contribution in [-0.4, -0.2) is 11.9 Å². The maximum atomic E-state index is 12.9. The summed E-state index contributed by atoms with van der Waals surface area (Å²) < 4.78 is 25.7. The Labute approximate surface area is 88.1 Å². The van der Waals surface area contributed by atoms with Crippen molar-refractivity contribution in [1.82, 2.24) is 5.32 Å². The molecule has 1 aliphatic rings. The molecule has 1 aliphatic heterocycles. The summed E-state index contributed by atoms with van der Waals surface area (Å²) in [5, 5.41) is 12.5. The quantitative estimate of drug-likeness (QED) is 0.654. The standard InChI is InChI=1S/C9H7F2N3O2/c1-9(14-8(15)16)12-6-2-4(10)5(11)3-7(6)13-9/h2-3,14H,1H3,(H,15,16)/p-1. The number of benzene rings is 1. The first kappa shape index (κ1) is 10.5. The molecule has 0 unspecified atom stereocenters. The summed E-state index contributed by atoms with van der Waals surface area (Å²) in [6.07, 6.45) is -1.57. The molecule has 84 valence electrons. The summed E-state index contributed by atoms with van der Waals surface area (Å²) in [7, 11) is 0. The Bertz CT molecular complexity index is 544. The van der Waals surface area contributed by atoms with Crippen molar-refractivity contribution in [3.63, 3.8) is 0 Å². The number of halogens is 2. The van der Waals surface area contributed by atoms with Gasteiger partial charge in [0.15, 0.2) is 11.6 Å². The molecule has 1 N–H and O–H groups in total. The second-order valence-corrected chi connectivity index (χ2v) is 3.41. The molecule has 7 heteroatoms. The van der Waals surface area contributed by atoms with E-state index in [1.165, 1.54) is 6.92 Å². The van der Waals surface area contributed by atoms with E-state index in [4.69, 9.17) is 0 Å². The van der Waals surface area contributed by atoms with Crippen LogP contribution in [0, 0.1) is 11.6 Å². The van der Waals surface area contributed by atoms with Gasteiger partial charge in [0, 0.05) is 19.1 Å². The van der Waals surface area contributed by atoms with Crippen LogP contribution in [0.2, 0.25) is 0 Å². The van der Waals surface area contributed by atoms with Gasteiger partial charge in [-0.15, -0.1) is 0 Å². The van der Waals surface area contributed by atoms with Gasteiger partial charge in [0.2, 0.25) is 5.79 Å². The zero-order valence-electron chi connectivity index (χ0n) is 8.12.